The van der Waals surface area contributed by atoms with Gasteiger partial charge in [0.15, 0.2) is 0 Å². The zero-order chi connectivity index (χ0) is 26.5. The van der Waals surface area contributed by atoms with Crippen molar-refractivity contribution in [3.05, 3.63) is 65.7 Å². The van der Waals surface area contributed by atoms with Crippen molar-refractivity contribution in [1.29, 1.82) is 0 Å². The molecular formula is C28H39N3O4S. The molecule has 8 heteroatoms. The summed E-state index contributed by atoms with van der Waals surface area (Å²) in [5.41, 5.74) is 2.26. The predicted molar refractivity (Wildman–Crippen MR) is 144 cm³/mol. The van der Waals surface area contributed by atoms with Crippen LogP contribution in [0.25, 0.3) is 0 Å². The van der Waals surface area contributed by atoms with Gasteiger partial charge in [-0.3, -0.25) is 13.9 Å². The normalized spacial score (nSPS) is 15.4. The number of rotatable bonds is 9. The minimum absolute atomic E-state index is 0.0845. The van der Waals surface area contributed by atoms with E-state index < -0.39 is 22.0 Å². The van der Waals surface area contributed by atoms with E-state index in [0.29, 0.717) is 5.69 Å². The summed E-state index contributed by atoms with van der Waals surface area (Å²) in [5, 5.41) is 3.07. The van der Waals surface area contributed by atoms with Crippen LogP contribution in [0.2, 0.25) is 0 Å². The Balaban J connectivity index is 1.86. The van der Waals surface area contributed by atoms with Crippen molar-refractivity contribution in [3.63, 3.8) is 0 Å². The first kappa shape index (κ1) is 27.7. The quantitative estimate of drug-likeness (QED) is 0.544. The Kier molecular flexibility index (Phi) is 8.82. The van der Waals surface area contributed by atoms with E-state index in [1.54, 1.807) is 19.1 Å². The third-order valence-electron chi connectivity index (χ3n) is 6.77. The minimum atomic E-state index is -3.75. The SMILES string of the molecule is C[C@@H](C(=O)NC1CCCC1)N(Cc1ccccc1)C(=O)CN(c1ccc(C(C)(C)C)cc1)S(C)(=O)=O. The van der Waals surface area contributed by atoms with Gasteiger partial charge >= 0.3 is 0 Å². The molecule has 7 nitrogen and oxygen atoms in total. The van der Waals surface area contributed by atoms with Gasteiger partial charge in [0, 0.05) is 12.6 Å². The van der Waals surface area contributed by atoms with E-state index in [1.165, 1.54) is 4.90 Å². The lowest BCUT2D eigenvalue weighted by atomic mass is 9.87. The summed E-state index contributed by atoms with van der Waals surface area (Å²) in [6.45, 7) is 7.77. The van der Waals surface area contributed by atoms with Crippen LogP contribution in [0.3, 0.4) is 0 Å². The number of sulfonamides is 1. The standard InChI is InChI=1S/C28H39N3O4S/c1-21(27(33)29-24-13-9-10-14-24)30(19-22-11-7-6-8-12-22)26(32)20-31(36(5,34)35)25-17-15-23(16-18-25)28(2,3)4/h6-8,11-12,15-18,21,24H,9-10,13-14,19-20H2,1-5H3,(H,29,33)/t21-/m0/s1. The van der Waals surface area contributed by atoms with E-state index in [2.05, 4.69) is 26.1 Å². The maximum atomic E-state index is 13.6. The lowest BCUT2D eigenvalue weighted by Gasteiger charge is -2.32. The summed E-state index contributed by atoms with van der Waals surface area (Å²) in [6, 6.07) is 16.0. The molecule has 0 unspecified atom stereocenters. The highest BCUT2D eigenvalue weighted by Gasteiger charge is 2.31. The molecule has 2 aromatic rings. The summed E-state index contributed by atoms with van der Waals surface area (Å²) >= 11 is 0. The summed E-state index contributed by atoms with van der Waals surface area (Å²) < 4.78 is 26.6. The Morgan fingerprint density at radius 1 is 1.00 bits per heavy atom. The molecule has 1 aliphatic carbocycles. The monoisotopic (exact) mass is 513 g/mol. The van der Waals surface area contributed by atoms with Gasteiger partial charge in [-0.2, -0.15) is 0 Å². The molecule has 0 spiro atoms. The number of hydrogen-bond acceptors (Lipinski definition) is 4. The Labute approximate surface area is 215 Å². The molecule has 3 rings (SSSR count). The highest BCUT2D eigenvalue weighted by molar-refractivity contribution is 7.92. The Morgan fingerprint density at radius 3 is 2.11 bits per heavy atom. The maximum absolute atomic E-state index is 13.6. The third kappa shape index (κ3) is 7.32. The molecule has 2 aromatic carbocycles. The molecule has 0 heterocycles. The molecule has 1 saturated carbocycles. The smallest absolute Gasteiger partial charge is 0.244 e. The van der Waals surface area contributed by atoms with E-state index in [4.69, 9.17) is 0 Å². The van der Waals surface area contributed by atoms with Crippen molar-refractivity contribution < 1.29 is 18.0 Å². The van der Waals surface area contributed by atoms with Gasteiger partial charge < -0.3 is 10.2 Å². The Bertz CT molecular complexity index is 1140. The van der Waals surface area contributed by atoms with Gasteiger partial charge in [-0.1, -0.05) is 76.1 Å². The van der Waals surface area contributed by atoms with Crippen LogP contribution in [-0.4, -0.2) is 50.0 Å². The molecule has 0 aromatic heterocycles. The molecule has 36 heavy (non-hydrogen) atoms. The van der Waals surface area contributed by atoms with Crippen LogP contribution in [0.5, 0.6) is 0 Å². The summed E-state index contributed by atoms with van der Waals surface area (Å²) in [4.78, 5) is 28.2. The van der Waals surface area contributed by atoms with Crippen LogP contribution in [0.15, 0.2) is 54.6 Å². The fourth-order valence-electron chi connectivity index (χ4n) is 4.50. The van der Waals surface area contributed by atoms with Gasteiger partial charge in [0.1, 0.15) is 12.6 Å². The zero-order valence-corrected chi connectivity index (χ0v) is 22.8. The lowest BCUT2D eigenvalue weighted by Crippen LogP contribution is -2.52. The first-order valence-electron chi connectivity index (χ1n) is 12.6. The largest absolute Gasteiger partial charge is 0.352 e. The molecule has 1 atom stereocenters. The fourth-order valence-corrected chi connectivity index (χ4v) is 5.35. The Hall–Kier alpha value is -2.87. The first-order valence-corrected chi connectivity index (χ1v) is 14.4. The number of amides is 2. The minimum Gasteiger partial charge on any atom is -0.352 e. The molecule has 0 saturated heterocycles. The molecule has 1 N–H and O–H groups in total. The van der Waals surface area contributed by atoms with E-state index in [-0.39, 0.29) is 30.5 Å². The molecule has 196 valence electrons. The zero-order valence-electron chi connectivity index (χ0n) is 22.0. The molecule has 0 bridgehead atoms. The second-order valence-electron chi connectivity index (χ2n) is 10.7. The van der Waals surface area contributed by atoms with Gasteiger partial charge in [-0.25, -0.2) is 8.42 Å². The number of nitrogens with one attached hydrogen (secondary N) is 1. The van der Waals surface area contributed by atoms with Crippen LogP contribution >= 0.6 is 0 Å². The summed E-state index contributed by atoms with van der Waals surface area (Å²) in [7, 11) is -3.75. The van der Waals surface area contributed by atoms with Crippen molar-refractivity contribution in [3.8, 4) is 0 Å². The first-order chi connectivity index (χ1) is 16.9. The van der Waals surface area contributed by atoms with Crippen molar-refractivity contribution in [2.24, 2.45) is 0 Å². The third-order valence-corrected chi connectivity index (χ3v) is 7.91. The molecule has 0 aliphatic heterocycles. The van der Waals surface area contributed by atoms with Gasteiger partial charge in [-0.15, -0.1) is 0 Å². The summed E-state index contributed by atoms with van der Waals surface area (Å²) in [6.07, 6.45) is 5.15. The average molecular weight is 514 g/mol. The number of carbonyl (C=O) groups excluding carboxylic acids is 2. The van der Waals surface area contributed by atoms with Crippen LogP contribution in [0.1, 0.15) is 64.5 Å². The van der Waals surface area contributed by atoms with Crippen LogP contribution in [0.4, 0.5) is 5.69 Å². The van der Waals surface area contributed by atoms with E-state index in [0.717, 1.165) is 47.4 Å². The topological polar surface area (TPSA) is 86.8 Å². The second kappa shape index (κ2) is 11.5. The predicted octanol–water partition coefficient (Wildman–Crippen LogP) is 4.23. The number of carbonyl (C=O) groups is 2. The van der Waals surface area contributed by atoms with Crippen molar-refractivity contribution in [1.82, 2.24) is 10.2 Å². The highest BCUT2D eigenvalue weighted by atomic mass is 32.2. The molecule has 2 amide bonds. The second-order valence-corrected chi connectivity index (χ2v) is 12.6. The molecule has 0 radical (unpaired) electrons. The van der Waals surface area contributed by atoms with Crippen molar-refractivity contribution in [2.45, 2.75) is 77.4 Å². The van der Waals surface area contributed by atoms with E-state index >= 15 is 0 Å². The van der Waals surface area contributed by atoms with Gasteiger partial charge in [0.05, 0.1) is 11.9 Å². The van der Waals surface area contributed by atoms with Gasteiger partial charge in [0.2, 0.25) is 21.8 Å². The van der Waals surface area contributed by atoms with Gasteiger partial charge in [0.25, 0.3) is 0 Å². The van der Waals surface area contributed by atoms with Crippen molar-refractivity contribution >= 4 is 27.5 Å². The molecule has 1 fully saturated rings. The molecule has 1 aliphatic rings. The van der Waals surface area contributed by atoms with Crippen LogP contribution < -0.4 is 9.62 Å². The number of anilines is 1. The highest BCUT2D eigenvalue weighted by Crippen LogP contribution is 2.26. The number of nitrogens with zero attached hydrogens (tertiary/aromatic N) is 2. The fraction of sp³-hybridized carbons (Fsp3) is 0.500. The molecular weight excluding hydrogens is 474 g/mol. The number of hydrogen-bond donors (Lipinski definition) is 1. The van der Waals surface area contributed by atoms with Gasteiger partial charge in [-0.05, 0) is 48.4 Å². The Morgan fingerprint density at radius 2 is 1.58 bits per heavy atom. The average Bonchev–Trinajstić information content (AvgIpc) is 3.33. The lowest BCUT2D eigenvalue weighted by molar-refractivity contribution is -0.139. The maximum Gasteiger partial charge on any atom is 0.244 e. The van der Waals surface area contributed by atoms with Crippen LogP contribution in [-0.2, 0) is 31.6 Å². The summed E-state index contributed by atoms with van der Waals surface area (Å²) in [5.74, 6) is -0.648. The number of benzene rings is 2. The van der Waals surface area contributed by atoms with E-state index in [1.807, 2.05) is 42.5 Å². The van der Waals surface area contributed by atoms with E-state index in [9.17, 15) is 18.0 Å². The van der Waals surface area contributed by atoms with Crippen molar-refractivity contribution in [2.75, 3.05) is 17.1 Å². The van der Waals surface area contributed by atoms with Crippen LogP contribution in [0, 0.1) is 0 Å².